The Balaban J connectivity index is 1.42. The molecule has 30 heavy (non-hydrogen) atoms. The topological polar surface area (TPSA) is 90.4 Å². The van der Waals surface area contributed by atoms with Gasteiger partial charge in [-0.05, 0) is 55.4 Å². The fourth-order valence-electron chi connectivity index (χ4n) is 4.57. The quantitative estimate of drug-likeness (QED) is 0.641. The smallest absolute Gasteiger partial charge is 0.421 e. The summed E-state index contributed by atoms with van der Waals surface area (Å²) in [5.41, 5.74) is 1.64. The van der Waals surface area contributed by atoms with E-state index in [-0.39, 0.29) is 29.9 Å². The summed E-state index contributed by atoms with van der Waals surface area (Å²) in [5.74, 6) is -0.162. The number of fused-ring (bicyclic) bond motifs is 5. The predicted molar refractivity (Wildman–Crippen MR) is 103 cm³/mol. The Morgan fingerprint density at radius 3 is 2.50 bits per heavy atom. The molecule has 158 valence electrons. The Hall–Kier alpha value is -3.04. The summed E-state index contributed by atoms with van der Waals surface area (Å²) >= 11 is 0. The number of alkyl halides is 3. The van der Waals surface area contributed by atoms with Crippen LogP contribution in [0.5, 0.6) is 0 Å². The second kappa shape index (κ2) is 6.75. The molecule has 2 atom stereocenters. The van der Waals surface area contributed by atoms with Crippen LogP contribution < -0.4 is 10.6 Å². The highest BCUT2D eigenvalue weighted by atomic mass is 19.4. The van der Waals surface area contributed by atoms with Crippen LogP contribution >= 0.6 is 0 Å². The molecule has 2 aromatic rings. The van der Waals surface area contributed by atoms with Crippen LogP contribution in [0.15, 0.2) is 24.4 Å². The first-order valence-electron chi connectivity index (χ1n) is 9.94. The first-order chi connectivity index (χ1) is 14.3. The summed E-state index contributed by atoms with van der Waals surface area (Å²) in [6.45, 7) is 0. The number of halogens is 3. The molecule has 0 radical (unpaired) electrons. The third kappa shape index (κ3) is 3.10. The molecule has 0 spiro atoms. The lowest BCUT2D eigenvalue weighted by atomic mass is 9.91. The number of carbonyl (C=O) groups is 1. The molecule has 2 fully saturated rings. The van der Waals surface area contributed by atoms with Gasteiger partial charge in [0.05, 0.1) is 12.1 Å². The van der Waals surface area contributed by atoms with Crippen LogP contribution in [0.25, 0.3) is 0 Å². The van der Waals surface area contributed by atoms with Gasteiger partial charge in [0.25, 0.3) is 0 Å². The van der Waals surface area contributed by atoms with Crippen molar-refractivity contribution in [1.82, 2.24) is 14.9 Å². The van der Waals surface area contributed by atoms with E-state index in [1.807, 2.05) is 12.1 Å². The van der Waals surface area contributed by atoms with E-state index in [0.29, 0.717) is 5.69 Å². The van der Waals surface area contributed by atoms with E-state index >= 15 is 0 Å². The van der Waals surface area contributed by atoms with E-state index in [1.165, 1.54) is 4.90 Å². The highest BCUT2D eigenvalue weighted by Gasteiger charge is 2.46. The van der Waals surface area contributed by atoms with E-state index in [0.717, 1.165) is 49.4 Å². The minimum absolute atomic E-state index is 0.00797. The molecule has 7 nitrogen and oxygen atoms in total. The summed E-state index contributed by atoms with van der Waals surface area (Å²) in [6, 6.07) is 5.17. The minimum Gasteiger partial charge on any atom is -0.465 e. The van der Waals surface area contributed by atoms with Gasteiger partial charge in [0.15, 0.2) is 0 Å². The molecule has 2 unspecified atom stereocenters. The summed E-state index contributed by atoms with van der Waals surface area (Å²) in [7, 11) is 0. The van der Waals surface area contributed by atoms with Gasteiger partial charge in [-0.1, -0.05) is 6.07 Å². The second-order valence-corrected chi connectivity index (χ2v) is 7.99. The zero-order valence-electron chi connectivity index (χ0n) is 15.9. The summed E-state index contributed by atoms with van der Waals surface area (Å²) in [6.07, 6.45) is -0.509. The molecule has 1 saturated carbocycles. The Labute approximate surface area is 170 Å². The molecule has 5 rings (SSSR count). The lowest BCUT2D eigenvalue weighted by molar-refractivity contribution is -0.137. The molecule has 1 aromatic heterocycles. The second-order valence-electron chi connectivity index (χ2n) is 7.99. The number of rotatable bonds is 4. The average Bonchev–Trinajstić information content (AvgIpc) is 3.21. The van der Waals surface area contributed by atoms with Crippen molar-refractivity contribution in [3.63, 3.8) is 0 Å². The van der Waals surface area contributed by atoms with Crippen molar-refractivity contribution < 1.29 is 23.1 Å². The molecule has 2 bridgehead atoms. The largest absolute Gasteiger partial charge is 0.465 e. The molecular weight excluding hydrogens is 399 g/mol. The number of hydrogen-bond acceptors (Lipinski definition) is 5. The molecule has 3 heterocycles. The zero-order chi connectivity index (χ0) is 21.0. The first kappa shape index (κ1) is 19.0. The van der Waals surface area contributed by atoms with Crippen LogP contribution in [0.3, 0.4) is 0 Å². The van der Waals surface area contributed by atoms with Gasteiger partial charge in [0, 0.05) is 17.9 Å². The Morgan fingerprint density at radius 2 is 1.87 bits per heavy atom. The minimum atomic E-state index is -4.54. The standard InChI is InChI=1S/C20H20F3N5O2/c21-20(22,23)14-9-24-18(27-17(14)25-10-2-1-3-10)26-11-4-5-12-13(8-11)16-7-6-15(12)28(16)19(29)30/h4-5,8-10,15-16H,1-3,6-7H2,(H,29,30)(H2,24,25,26,27). The van der Waals surface area contributed by atoms with E-state index < -0.39 is 17.8 Å². The monoisotopic (exact) mass is 419 g/mol. The van der Waals surface area contributed by atoms with Crippen molar-refractivity contribution in [3.05, 3.63) is 41.1 Å². The number of anilines is 3. The van der Waals surface area contributed by atoms with Gasteiger partial charge in [-0.25, -0.2) is 9.78 Å². The van der Waals surface area contributed by atoms with Crippen LogP contribution in [-0.4, -0.2) is 32.1 Å². The van der Waals surface area contributed by atoms with Crippen molar-refractivity contribution >= 4 is 23.5 Å². The predicted octanol–water partition coefficient (Wildman–Crippen LogP) is 5.07. The van der Waals surface area contributed by atoms with Gasteiger partial charge in [0.2, 0.25) is 5.95 Å². The maximum Gasteiger partial charge on any atom is 0.421 e. The zero-order valence-corrected chi connectivity index (χ0v) is 15.9. The maximum atomic E-state index is 13.3. The molecule has 3 aliphatic rings. The van der Waals surface area contributed by atoms with Crippen LogP contribution in [-0.2, 0) is 6.18 Å². The summed E-state index contributed by atoms with van der Waals surface area (Å²) < 4.78 is 40.0. The average molecular weight is 419 g/mol. The van der Waals surface area contributed by atoms with Crippen molar-refractivity contribution in [1.29, 1.82) is 0 Å². The third-order valence-electron chi connectivity index (χ3n) is 6.21. The molecular formula is C20H20F3N5O2. The number of carboxylic acid groups (broad SMARTS) is 1. The number of amides is 1. The fraction of sp³-hybridized carbons (Fsp3) is 0.450. The molecule has 2 aliphatic heterocycles. The fourth-order valence-corrected chi connectivity index (χ4v) is 4.57. The number of nitrogens with zero attached hydrogens (tertiary/aromatic N) is 3. The molecule has 1 amide bonds. The lowest BCUT2D eigenvalue weighted by Crippen LogP contribution is -2.29. The Kier molecular flexibility index (Phi) is 4.26. The third-order valence-corrected chi connectivity index (χ3v) is 6.21. The number of benzene rings is 1. The molecule has 3 N–H and O–H groups in total. The van der Waals surface area contributed by atoms with Crippen LogP contribution in [0.2, 0.25) is 0 Å². The summed E-state index contributed by atoms with van der Waals surface area (Å²) in [4.78, 5) is 21.0. The highest BCUT2D eigenvalue weighted by molar-refractivity contribution is 5.70. The van der Waals surface area contributed by atoms with Crippen molar-refractivity contribution in [2.75, 3.05) is 10.6 Å². The van der Waals surface area contributed by atoms with E-state index in [2.05, 4.69) is 20.6 Å². The number of aromatic nitrogens is 2. The van der Waals surface area contributed by atoms with Gasteiger partial charge in [0.1, 0.15) is 11.4 Å². The number of hydrogen-bond donors (Lipinski definition) is 3. The highest BCUT2D eigenvalue weighted by Crippen LogP contribution is 2.53. The molecule has 1 aromatic carbocycles. The summed E-state index contributed by atoms with van der Waals surface area (Å²) in [5, 5.41) is 15.3. The number of nitrogens with one attached hydrogen (secondary N) is 2. The Bertz CT molecular complexity index is 1010. The van der Waals surface area contributed by atoms with Gasteiger partial charge >= 0.3 is 12.3 Å². The lowest BCUT2D eigenvalue weighted by Gasteiger charge is -2.28. The van der Waals surface area contributed by atoms with E-state index in [9.17, 15) is 23.1 Å². The van der Waals surface area contributed by atoms with Crippen molar-refractivity contribution in [3.8, 4) is 0 Å². The SMILES string of the molecule is O=C(O)N1C2CCC1c1cc(Nc3ncc(C(F)(F)F)c(NC4CCC4)n3)ccc12. The van der Waals surface area contributed by atoms with Gasteiger partial charge in [-0.3, -0.25) is 4.90 Å². The van der Waals surface area contributed by atoms with Crippen LogP contribution in [0, 0.1) is 0 Å². The van der Waals surface area contributed by atoms with Crippen molar-refractivity contribution in [2.24, 2.45) is 0 Å². The first-order valence-corrected chi connectivity index (χ1v) is 9.94. The Morgan fingerprint density at radius 1 is 1.13 bits per heavy atom. The van der Waals surface area contributed by atoms with Gasteiger partial charge in [-0.2, -0.15) is 18.2 Å². The molecule has 10 heteroatoms. The molecule has 1 saturated heterocycles. The molecule has 1 aliphatic carbocycles. The van der Waals surface area contributed by atoms with Crippen LogP contribution in [0.1, 0.15) is 60.9 Å². The normalized spacial score (nSPS) is 22.6. The van der Waals surface area contributed by atoms with Gasteiger partial charge < -0.3 is 15.7 Å². The van der Waals surface area contributed by atoms with Crippen molar-refractivity contribution in [2.45, 2.75) is 56.4 Å². The van der Waals surface area contributed by atoms with Crippen LogP contribution in [0.4, 0.5) is 35.4 Å². The maximum absolute atomic E-state index is 13.3. The van der Waals surface area contributed by atoms with E-state index in [1.54, 1.807) is 6.07 Å². The van der Waals surface area contributed by atoms with Gasteiger partial charge in [-0.15, -0.1) is 0 Å². The van der Waals surface area contributed by atoms with E-state index in [4.69, 9.17) is 0 Å².